The second-order valence-corrected chi connectivity index (χ2v) is 8.77. The molecule has 3 saturated carbocycles. The van der Waals surface area contributed by atoms with Crippen LogP contribution in [0.1, 0.15) is 65.2 Å². The summed E-state index contributed by atoms with van der Waals surface area (Å²) >= 11 is 0. The first-order valence-corrected chi connectivity index (χ1v) is 9.31. The summed E-state index contributed by atoms with van der Waals surface area (Å²) in [6.07, 6.45) is 10.8. The lowest BCUT2D eigenvalue weighted by Gasteiger charge is -2.56. The Morgan fingerprint density at radius 1 is 1.13 bits per heavy atom. The molecule has 0 aromatic carbocycles. The minimum Gasteiger partial charge on any atom is -0.464 e. The quantitative estimate of drug-likeness (QED) is 0.570. The molecule has 4 aliphatic rings. The van der Waals surface area contributed by atoms with E-state index in [2.05, 4.69) is 19.9 Å². The second-order valence-electron chi connectivity index (χ2n) is 8.77. The molecule has 3 heteroatoms. The van der Waals surface area contributed by atoms with E-state index in [4.69, 9.17) is 4.74 Å². The summed E-state index contributed by atoms with van der Waals surface area (Å²) in [6, 6.07) is 0. The van der Waals surface area contributed by atoms with E-state index in [1.165, 1.54) is 12.0 Å². The third kappa shape index (κ3) is 2.08. The van der Waals surface area contributed by atoms with E-state index >= 15 is 0 Å². The Kier molecular flexibility index (Phi) is 3.48. The number of rotatable bonds is 2. The van der Waals surface area contributed by atoms with Crippen molar-refractivity contribution < 1.29 is 14.3 Å². The molecule has 6 atom stereocenters. The van der Waals surface area contributed by atoms with Gasteiger partial charge in [-0.05, 0) is 61.7 Å². The van der Waals surface area contributed by atoms with E-state index in [9.17, 15) is 9.59 Å². The van der Waals surface area contributed by atoms with Crippen LogP contribution >= 0.6 is 0 Å². The molecule has 0 bridgehead atoms. The van der Waals surface area contributed by atoms with E-state index in [0.717, 1.165) is 44.9 Å². The first-order chi connectivity index (χ1) is 11.0. The standard InChI is InChI=1S/C20H28O3/c1-19-9-7-14(23-12-21)11-13(19)3-4-15-16-5-6-18(22)20(16,2)10-8-17(15)19/h3,12,14-17H,4-11H2,1-2H3/t14?,15-,16-,17+,19-,20-/m0/s1. The van der Waals surface area contributed by atoms with Crippen molar-refractivity contribution in [3.8, 4) is 0 Å². The SMILES string of the molecule is C[C@]12CCC(OC=O)CC1=CC[C@@H]1[C@H]2CC[C@]2(C)C(=O)CC[C@@H]12. The highest BCUT2D eigenvalue weighted by Crippen LogP contribution is 2.64. The van der Waals surface area contributed by atoms with E-state index in [1.54, 1.807) is 0 Å². The smallest absolute Gasteiger partial charge is 0.293 e. The van der Waals surface area contributed by atoms with Crippen LogP contribution < -0.4 is 0 Å². The lowest BCUT2D eigenvalue weighted by atomic mass is 9.48. The monoisotopic (exact) mass is 316 g/mol. The molecule has 0 aromatic heterocycles. The molecule has 4 rings (SSSR count). The van der Waals surface area contributed by atoms with Gasteiger partial charge in [0, 0.05) is 18.3 Å². The van der Waals surface area contributed by atoms with Crippen molar-refractivity contribution in [3.05, 3.63) is 11.6 Å². The van der Waals surface area contributed by atoms with Crippen LogP contribution in [0.3, 0.4) is 0 Å². The molecular formula is C20H28O3. The summed E-state index contributed by atoms with van der Waals surface area (Å²) < 4.78 is 5.25. The molecule has 0 aromatic rings. The normalized spacial score (nSPS) is 48.8. The van der Waals surface area contributed by atoms with E-state index in [1.807, 2.05) is 0 Å². The molecule has 126 valence electrons. The molecule has 0 spiro atoms. The van der Waals surface area contributed by atoms with E-state index in [0.29, 0.717) is 30.0 Å². The number of hydrogen-bond acceptors (Lipinski definition) is 3. The Morgan fingerprint density at radius 3 is 2.65 bits per heavy atom. The van der Waals surface area contributed by atoms with Crippen LogP contribution in [0.5, 0.6) is 0 Å². The molecule has 0 aliphatic heterocycles. The van der Waals surface area contributed by atoms with Crippen molar-refractivity contribution in [3.63, 3.8) is 0 Å². The van der Waals surface area contributed by atoms with Crippen molar-refractivity contribution in [1.29, 1.82) is 0 Å². The zero-order valence-electron chi connectivity index (χ0n) is 14.3. The predicted molar refractivity (Wildman–Crippen MR) is 87.6 cm³/mol. The number of ether oxygens (including phenoxy) is 1. The number of Topliss-reactive ketones (excluding diaryl/α,β-unsaturated/α-hetero) is 1. The average molecular weight is 316 g/mol. The minimum absolute atomic E-state index is 0.0410. The number of carbonyl (C=O) groups is 2. The first-order valence-electron chi connectivity index (χ1n) is 9.31. The maximum atomic E-state index is 12.4. The number of fused-ring (bicyclic) bond motifs is 5. The van der Waals surface area contributed by atoms with Gasteiger partial charge >= 0.3 is 0 Å². The topological polar surface area (TPSA) is 43.4 Å². The minimum atomic E-state index is -0.0410. The molecule has 0 saturated heterocycles. The van der Waals surface area contributed by atoms with Crippen molar-refractivity contribution >= 4 is 12.3 Å². The highest BCUT2D eigenvalue weighted by Gasteiger charge is 2.58. The van der Waals surface area contributed by atoms with E-state index in [-0.39, 0.29) is 16.9 Å². The van der Waals surface area contributed by atoms with Gasteiger partial charge in [0.15, 0.2) is 0 Å². The zero-order valence-corrected chi connectivity index (χ0v) is 14.3. The van der Waals surface area contributed by atoms with Gasteiger partial charge in [-0.25, -0.2) is 0 Å². The summed E-state index contributed by atoms with van der Waals surface area (Å²) in [7, 11) is 0. The van der Waals surface area contributed by atoms with Crippen molar-refractivity contribution in [2.75, 3.05) is 0 Å². The largest absolute Gasteiger partial charge is 0.464 e. The van der Waals surface area contributed by atoms with Gasteiger partial charge in [0.25, 0.3) is 6.47 Å². The molecule has 0 N–H and O–H groups in total. The highest BCUT2D eigenvalue weighted by molar-refractivity contribution is 5.87. The summed E-state index contributed by atoms with van der Waals surface area (Å²) in [4.78, 5) is 23.1. The maximum absolute atomic E-state index is 12.4. The van der Waals surface area contributed by atoms with Gasteiger partial charge < -0.3 is 4.74 Å². The number of carbonyl (C=O) groups excluding carboxylic acids is 2. The molecule has 0 radical (unpaired) electrons. The fourth-order valence-corrected chi connectivity index (χ4v) is 6.59. The third-order valence-corrected chi connectivity index (χ3v) is 8.02. The molecule has 0 amide bonds. The number of ketones is 1. The van der Waals surface area contributed by atoms with Gasteiger partial charge in [-0.15, -0.1) is 0 Å². The lowest BCUT2D eigenvalue weighted by molar-refractivity contribution is -0.136. The van der Waals surface area contributed by atoms with Gasteiger partial charge in [-0.2, -0.15) is 0 Å². The molecular weight excluding hydrogens is 288 g/mol. The van der Waals surface area contributed by atoms with Crippen LogP contribution in [0.4, 0.5) is 0 Å². The highest BCUT2D eigenvalue weighted by atomic mass is 16.5. The van der Waals surface area contributed by atoms with Crippen LogP contribution in [0.15, 0.2) is 11.6 Å². The number of allylic oxidation sites excluding steroid dienone is 1. The third-order valence-electron chi connectivity index (χ3n) is 8.02. The average Bonchev–Trinajstić information content (AvgIpc) is 2.84. The summed E-state index contributed by atoms with van der Waals surface area (Å²) in [5, 5.41) is 0. The van der Waals surface area contributed by atoms with Crippen LogP contribution in [0.25, 0.3) is 0 Å². The van der Waals surface area contributed by atoms with Crippen LogP contribution in [-0.2, 0) is 14.3 Å². The molecule has 3 nitrogen and oxygen atoms in total. The Morgan fingerprint density at radius 2 is 1.87 bits per heavy atom. The molecule has 3 fully saturated rings. The Balaban J connectivity index is 1.63. The van der Waals surface area contributed by atoms with Gasteiger partial charge in [0.2, 0.25) is 0 Å². The Labute approximate surface area is 138 Å². The lowest BCUT2D eigenvalue weighted by Crippen LogP contribution is -2.50. The van der Waals surface area contributed by atoms with Crippen LogP contribution in [-0.4, -0.2) is 18.4 Å². The fourth-order valence-electron chi connectivity index (χ4n) is 6.59. The van der Waals surface area contributed by atoms with Gasteiger partial charge in [-0.1, -0.05) is 25.5 Å². The maximum Gasteiger partial charge on any atom is 0.293 e. The number of hydrogen-bond donors (Lipinski definition) is 0. The van der Waals surface area contributed by atoms with Gasteiger partial charge in [-0.3, -0.25) is 9.59 Å². The molecule has 1 unspecified atom stereocenters. The molecule has 0 heterocycles. The first kappa shape index (κ1) is 15.4. The van der Waals surface area contributed by atoms with Crippen molar-refractivity contribution in [2.24, 2.45) is 28.6 Å². The molecule has 23 heavy (non-hydrogen) atoms. The van der Waals surface area contributed by atoms with Crippen molar-refractivity contribution in [2.45, 2.75) is 71.3 Å². The Bertz CT molecular complexity index is 565. The molecule has 4 aliphatic carbocycles. The van der Waals surface area contributed by atoms with Gasteiger partial charge in [0.05, 0.1) is 0 Å². The van der Waals surface area contributed by atoms with Crippen molar-refractivity contribution in [1.82, 2.24) is 0 Å². The van der Waals surface area contributed by atoms with Crippen LogP contribution in [0, 0.1) is 28.6 Å². The summed E-state index contributed by atoms with van der Waals surface area (Å²) in [5.74, 6) is 2.50. The van der Waals surface area contributed by atoms with E-state index < -0.39 is 0 Å². The zero-order chi connectivity index (χ0) is 16.2. The summed E-state index contributed by atoms with van der Waals surface area (Å²) in [6.45, 7) is 5.28. The second kappa shape index (κ2) is 5.19. The predicted octanol–water partition coefficient (Wildman–Crippen LogP) is 4.06. The Hall–Kier alpha value is -1.12. The van der Waals surface area contributed by atoms with Crippen LogP contribution in [0.2, 0.25) is 0 Å². The fraction of sp³-hybridized carbons (Fsp3) is 0.800. The van der Waals surface area contributed by atoms with Gasteiger partial charge in [0.1, 0.15) is 11.9 Å². The summed E-state index contributed by atoms with van der Waals surface area (Å²) in [5.41, 5.74) is 1.74.